The molecule has 14 aromatic rings. The maximum absolute atomic E-state index is 6.37. The van der Waals surface area contributed by atoms with Gasteiger partial charge in [-0.2, -0.15) is 0 Å². The standard InChI is InChI=1S/C66H37N5OS/c1-2-17-38(18-3-1)62-69-63(71-65(70-62)48-26-15-32-55-59(48)44-22-7-12-31-54(44)72-55)39-35-36-41-40-19-4-9-27-49(40)66(52(41)37-39)50-28-10-5-20-42(50)58-47(25-14-29-51(58)66)64-67-53-30-11-6-21-43(53)61(68-64)46-24-16-34-57-60(46)45-23-8-13-33-56(45)73-57/h1-37H. The molecule has 0 saturated heterocycles. The van der Waals surface area contributed by atoms with E-state index in [1.807, 2.05) is 59.9 Å². The topological polar surface area (TPSA) is 77.6 Å². The van der Waals surface area contributed by atoms with Gasteiger partial charge < -0.3 is 4.42 Å². The molecular weight excluding hydrogens is 911 g/mol. The van der Waals surface area contributed by atoms with E-state index in [4.69, 9.17) is 29.3 Å². The third-order valence-corrected chi connectivity index (χ3v) is 16.3. The molecule has 4 aromatic heterocycles. The van der Waals surface area contributed by atoms with Crippen molar-refractivity contribution >= 4 is 64.4 Å². The molecule has 0 amide bonds. The van der Waals surface area contributed by atoms with Gasteiger partial charge in [0.05, 0.1) is 16.6 Å². The third-order valence-electron chi connectivity index (χ3n) is 15.2. The van der Waals surface area contributed by atoms with Crippen LogP contribution in [0.15, 0.2) is 229 Å². The van der Waals surface area contributed by atoms with E-state index in [-0.39, 0.29) is 0 Å². The van der Waals surface area contributed by atoms with Crippen LogP contribution in [-0.2, 0) is 5.41 Å². The number of nitrogens with zero attached hydrogens (tertiary/aromatic N) is 5. The van der Waals surface area contributed by atoms with Gasteiger partial charge in [0.2, 0.25) is 0 Å². The first-order valence-corrected chi connectivity index (χ1v) is 25.4. The van der Waals surface area contributed by atoms with E-state index in [2.05, 4.69) is 176 Å². The van der Waals surface area contributed by atoms with Gasteiger partial charge >= 0.3 is 0 Å². The number of furan rings is 1. The minimum absolute atomic E-state index is 0.582. The van der Waals surface area contributed by atoms with Crippen molar-refractivity contribution in [2.24, 2.45) is 0 Å². The van der Waals surface area contributed by atoms with Crippen molar-refractivity contribution in [1.82, 2.24) is 24.9 Å². The van der Waals surface area contributed by atoms with Crippen LogP contribution in [0.5, 0.6) is 0 Å². The molecule has 0 fully saturated rings. The Hall–Kier alpha value is -9.43. The fourth-order valence-electron chi connectivity index (χ4n) is 12.2. The Kier molecular flexibility index (Phi) is 8.44. The van der Waals surface area contributed by atoms with E-state index >= 15 is 0 Å². The summed E-state index contributed by atoms with van der Waals surface area (Å²) < 4.78 is 8.87. The summed E-state index contributed by atoms with van der Waals surface area (Å²) in [6.07, 6.45) is 0. The summed E-state index contributed by atoms with van der Waals surface area (Å²) in [5.41, 5.74) is 17.1. The van der Waals surface area contributed by atoms with Crippen molar-refractivity contribution < 1.29 is 4.42 Å². The van der Waals surface area contributed by atoms with Gasteiger partial charge in [-0.25, -0.2) is 24.9 Å². The monoisotopic (exact) mass is 947 g/mol. The molecule has 16 rings (SSSR count). The lowest BCUT2D eigenvalue weighted by molar-refractivity contribution is 0.669. The Balaban J connectivity index is 0.932. The minimum atomic E-state index is -0.676. The number of para-hydroxylation sites is 2. The van der Waals surface area contributed by atoms with Crippen molar-refractivity contribution in [3.8, 4) is 79.1 Å². The quantitative estimate of drug-likeness (QED) is 0.171. The summed E-state index contributed by atoms with van der Waals surface area (Å²) in [6.45, 7) is 0. The summed E-state index contributed by atoms with van der Waals surface area (Å²) in [5.74, 6) is 2.47. The van der Waals surface area contributed by atoms with Crippen LogP contribution in [0.3, 0.4) is 0 Å². The Morgan fingerprint density at radius 1 is 0.329 bits per heavy atom. The van der Waals surface area contributed by atoms with Crippen molar-refractivity contribution in [3.05, 3.63) is 247 Å². The highest BCUT2D eigenvalue weighted by atomic mass is 32.1. The highest BCUT2D eigenvalue weighted by Crippen LogP contribution is 2.64. The van der Waals surface area contributed by atoms with Crippen molar-refractivity contribution in [1.29, 1.82) is 0 Å². The SMILES string of the molecule is c1ccc(-c2nc(-c3ccc4c(c3)C3(c5ccccc5-4)c4ccccc4-c4c(-c5nc(-c6cccc7sc8ccccc8c67)c6ccccc6n5)cccc43)nc(-c3cccc4oc5ccccc5c34)n2)cc1. The minimum Gasteiger partial charge on any atom is -0.456 e. The number of rotatable bonds is 5. The van der Waals surface area contributed by atoms with Crippen LogP contribution in [0.1, 0.15) is 22.3 Å². The maximum atomic E-state index is 6.37. The number of thiophene rings is 1. The Morgan fingerprint density at radius 2 is 0.918 bits per heavy atom. The molecule has 0 radical (unpaired) electrons. The number of benzene rings is 10. The van der Waals surface area contributed by atoms with Crippen molar-refractivity contribution in [2.45, 2.75) is 5.41 Å². The van der Waals surface area contributed by atoms with Crippen molar-refractivity contribution in [2.75, 3.05) is 0 Å². The zero-order valence-corrected chi connectivity index (χ0v) is 39.7. The number of hydrogen-bond acceptors (Lipinski definition) is 7. The third kappa shape index (κ3) is 5.71. The van der Waals surface area contributed by atoms with Gasteiger partial charge in [-0.1, -0.05) is 188 Å². The normalized spacial score (nSPS) is 14.4. The van der Waals surface area contributed by atoms with Gasteiger partial charge in [-0.05, 0) is 80.9 Å². The molecule has 10 aromatic carbocycles. The molecule has 1 atom stereocenters. The zero-order chi connectivity index (χ0) is 47.8. The smallest absolute Gasteiger partial charge is 0.164 e. The zero-order valence-electron chi connectivity index (χ0n) is 38.9. The summed E-state index contributed by atoms with van der Waals surface area (Å²) >= 11 is 1.83. The Bertz CT molecular complexity index is 4650. The summed E-state index contributed by atoms with van der Waals surface area (Å²) in [6, 6.07) is 79.6. The van der Waals surface area contributed by atoms with Crippen LogP contribution in [0.2, 0.25) is 0 Å². The van der Waals surface area contributed by atoms with E-state index in [0.717, 1.165) is 71.9 Å². The number of hydrogen-bond donors (Lipinski definition) is 0. The molecule has 2 aliphatic rings. The average molecular weight is 948 g/mol. The van der Waals surface area contributed by atoms with Crippen LogP contribution >= 0.6 is 11.3 Å². The molecule has 6 nitrogen and oxygen atoms in total. The fourth-order valence-corrected chi connectivity index (χ4v) is 13.3. The molecule has 0 saturated carbocycles. The average Bonchev–Trinajstić information content (AvgIpc) is 4.20. The molecule has 2 aliphatic carbocycles. The predicted molar refractivity (Wildman–Crippen MR) is 297 cm³/mol. The first-order chi connectivity index (χ1) is 36.2. The summed E-state index contributed by atoms with van der Waals surface area (Å²) in [4.78, 5) is 27.0. The molecule has 1 unspecified atom stereocenters. The maximum Gasteiger partial charge on any atom is 0.164 e. The molecule has 73 heavy (non-hydrogen) atoms. The van der Waals surface area contributed by atoms with Gasteiger partial charge in [-0.15, -0.1) is 11.3 Å². The largest absolute Gasteiger partial charge is 0.456 e. The lowest BCUT2D eigenvalue weighted by Crippen LogP contribution is -2.26. The molecular formula is C66H37N5OS. The second-order valence-electron chi connectivity index (χ2n) is 19.0. The van der Waals surface area contributed by atoms with Gasteiger partial charge in [-0.3, -0.25) is 0 Å². The number of aromatic nitrogens is 5. The summed E-state index contributed by atoms with van der Waals surface area (Å²) in [5, 5.41) is 5.49. The molecule has 7 heteroatoms. The van der Waals surface area contributed by atoms with Crippen LogP contribution in [-0.4, -0.2) is 24.9 Å². The molecule has 338 valence electrons. The second kappa shape index (κ2) is 15.3. The van der Waals surface area contributed by atoms with E-state index in [9.17, 15) is 0 Å². The van der Waals surface area contributed by atoms with Crippen LogP contribution in [0, 0.1) is 0 Å². The van der Waals surface area contributed by atoms with Gasteiger partial charge in [0.15, 0.2) is 23.3 Å². The molecule has 0 N–H and O–H groups in total. The second-order valence-corrected chi connectivity index (χ2v) is 20.1. The van der Waals surface area contributed by atoms with E-state index in [1.165, 1.54) is 59.1 Å². The van der Waals surface area contributed by atoms with Gasteiger partial charge in [0.25, 0.3) is 0 Å². The Morgan fingerprint density at radius 3 is 1.81 bits per heavy atom. The predicted octanol–water partition coefficient (Wildman–Crippen LogP) is 16.8. The molecule has 1 spiro atoms. The van der Waals surface area contributed by atoms with Crippen molar-refractivity contribution in [3.63, 3.8) is 0 Å². The molecule has 0 bridgehead atoms. The first-order valence-electron chi connectivity index (χ1n) is 24.6. The van der Waals surface area contributed by atoms with Crippen LogP contribution < -0.4 is 0 Å². The fraction of sp³-hybridized carbons (Fsp3) is 0.0152. The van der Waals surface area contributed by atoms with Gasteiger partial charge in [0.1, 0.15) is 11.2 Å². The lowest BCUT2D eigenvalue weighted by atomic mass is 9.70. The number of fused-ring (bicyclic) bond motifs is 17. The highest BCUT2D eigenvalue weighted by Gasteiger charge is 2.52. The first kappa shape index (κ1) is 40.3. The highest BCUT2D eigenvalue weighted by molar-refractivity contribution is 7.25. The van der Waals surface area contributed by atoms with Gasteiger partial charge in [0, 0.05) is 64.1 Å². The lowest BCUT2D eigenvalue weighted by Gasteiger charge is -2.30. The van der Waals surface area contributed by atoms with Crippen LogP contribution in [0.25, 0.3) is 132 Å². The summed E-state index contributed by atoms with van der Waals surface area (Å²) in [7, 11) is 0. The van der Waals surface area contributed by atoms with E-state index in [0.29, 0.717) is 23.3 Å². The van der Waals surface area contributed by atoms with Crippen LogP contribution in [0.4, 0.5) is 0 Å². The van der Waals surface area contributed by atoms with E-state index in [1.54, 1.807) is 0 Å². The Labute approximate surface area is 422 Å². The van der Waals surface area contributed by atoms with E-state index < -0.39 is 5.41 Å². The molecule has 4 heterocycles. The molecule has 0 aliphatic heterocycles.